The average molecular weight is 456 g/mol. The van der Waals surface area contributed by atoms with Gasteiger partial charge in [-0.2, -0.15) is 0 Å². The summed E-state index contributed by atoms with van der Waals surface area (Å²) in [4.78, 5) is 9.52. The summed E-state index contributed by atoms with van der Waals surface area (Å²) in [6, 6.07) is 23.2. The third-order valence-electron chi connectivity index (χ3n) is 5.30. The lowest BCUT2D eigenvalue weighted by Gasteiger charge is -2.18. The molecule has 2 heterocycles. The Kier molecular flexibility index (Phi) is 5.30. The summed E-state index contributed by atoms with van der Waals surface area (Å²) in [7, 11) is 0. The van der Waals surface area contributed by atoms with Gasteiger partial charge in [0, 0.05) is 16.3 Å². The highest BCUT2D eigenvalue weighted by Gasteiger charge is 2.19. The van der Waals surface area contributed by atoms with Crippen molar-refractivity contribution in [3.8, 4) is 23.0 Å². The Morgan fingerprint density at radius 2 is 1.39 bits per heavy atom. The minimum Gasteiger partial charge on any atom is -0.414 e. The number of rotatable bonds is 4. The second kappa shape index (κ2) is 8.30. The molecule has 33 heavy (non-hydrogen) atoms. The summed E-state index contributed by atoms with van der Waals surface area (Å²) in [5, 5.41) is 12.5. The number of para-hydroxylation sites is 2. The molecule has 0 aliphatic heterocycles. The highest BCUT2D eigenvalue weighted by atomic mass is 35.5. The zero-order valence-electron chi connectivity index (χ0n) is 18.5. The van der Waals surface area contributed by atoms with Gasteiger partial charge in [0.25, 0.3) is 5.89 Å². The first kappa shape index (κ1) is 21.1. The van der Waals surface area contributed by atoms with E-state index in [-0.39, 0.29) is 5.41 Å². The van der Waals surface area contributed by atoms with Crippen molar-refractivity contribution in [2.75, 3.05) is 5.32 Å². The lowest BCUT2D eigenvalue weighted by Crippen LogP contribution is -2.10. The molecule has 0 unspecified atom stereocenters. The van der Waals surface area contributed by atoms with E-state index in [2.05, 4.69) is 48.4 Å². The normalized spacial score (nSPS) is 11.6. The summed E-state index contributed by atoms with van der Waals surface area (Å²) in [6.07, 6.45) is 0. The van der Waals surface area contributed by atoms with Crippen LogP contribution in [0.3, 0.4) is 0 Å². The largest absolute Gasteiger partial charge is 0.414 e. The van der Waals surface area contributed by atoms with Gasteiger partial charge >= 0.3 is 0 Å². The maximum atomic E-state index is 6.04. The van der Waals surface area contributed by atoms with Crippen molar-refractivity contribution in [1.29, 1.82) is 0 Å². The van der Waals surface area contributed by atoms with E-state index in [4.69, 9.17) is 26.0 Å². The molecule has 5 rings (SSSR count). The van der Waals surface area contributed by atoms with E-state index in [0.717, 1.165) is 22.3 Å². The van der Waals surface area contributed by atoms with Gasteiger partial charge in [0.2, 0.25) is 5.89 Å². The van der Waals surface area contributed by atoms with Gasteiger partial charge in [-0.3, -0.25) is 0 Å². The Balaban J connectivity index is 1.55. The summed E-state index contributed by atoms with van der Waals surface area (Å²) in [5.74, 6) is 1.24. The van der Waals surface area contributed by atoms with Gasteiger partial charge in [-0.1, -0.05) is 56.6 Å². The van der Waals surface area contributed by atoms with Gasteiger partial charge in [0.15, 0.2) is 11.5 Å². The van der Waals surface area contributed by atoms with Crippen LogP contribution in [-0.2, 0) is 5.41 Å². The number of aromatic nitrogens is 4. The van der Waals surface area contributed by atoms with Gasteiger partial charge in [0.1, 0.15) is 0 Å². The molecule has 1 N–H and O–H groups in total. The molecule has 164 valence electrons. The van der Waals surface area contributed by atoms with Gasteiger partial charge < -0.3 is 9.73 Å². The molecule has 0 atom stereocenters. The van der Waals surface area contributed by atoms with Gasteiger partial charge in [-0.15, -0.1) is 10.2 Å². The number of nitrogens with zero attached hydrogens (tertiary/aromatic N) is 4. The predicted octanol–water partition coefficient (Wildman–Crippen LogP) is 7.04. The fraction of sp³-hybridized carbons (Fsp3) is 0.154. The molecule has 0 saturated carbocycles. The molecule has 0 fully saturated rings. The Hall–Kier alpha value is -3.77. The molecule has 0 aliphatic carbocycles. The van der Waals surface area contributed by atoms with Crippen molar-refractivity contribution < 1.29 is 4.42 Å². The minimum absolute atomic E-state index is 0.0709. The zero-order chi connectivity index (χ0) is 23.0. The molecule has 0 radical (unpaired) electrons. The second-order valence-corrected chi connectivity index (χ2v) is 9.22. The first-order valence-electron chi connectivity index (χ1n) is 10.6. The van der Waals surface area contributed by atoms with E-state index in [0.29, 0.717) is 28.3 Å². The Bertz CT molecular complexity index is 1420. The fourth-order valence-electron chi connectivity index (χ4n) is 3.45. The highest BCUT2D eigenvalue weighted by Crippen LogP contribution is 2.31. The van der Waals surface area contributed by atoms with E-state index >= 15 is 0 Å². The van der Waals surface area contributed by atoms with Crippen molar-refractivity contribution in [2.45, 2.75) is 26.2 Å². The van der Waals surface area contributed by atoms with E-state index in [1.54, 1.807) is 0 Å². The predicted molar refractivity (Wildman–Crippen MR) is 132 cm³/mol. The molecule has 0 aliphatic rings. The van der Waals surface area contributed by atoms with Crippen LogP contribution in [0.5, 0.6) is 0 Å². The number of benzene rings is 3. The van der Waals surface area contributed by atoms with Crippen LogP contribution in [0.15, 0.2) is 77.2 Å². The van der Waals surface area contributed by atoms with Crippen molar-refractivity contribution in [1.82, 2.24) is 20.2 Å². The van der Waals surface area contributed by atoms with Crippen LogP contribution in [0, 0.1) is 0 Å². The zero-order valence-corrected chi connectivity index (χ0v) is 19.3. The molecule has 0 saturated heterocycles. The van der Waals surface area contributed by atoms with Crippen LogP contribution in [0.4, 0.5) is 11.5 Å². The lowest BCUT2D eigenvalue weighted by molar-refractivity contribution is 0.580. The highest BCUT2D eigenvalue weighted by molar-refractivity contribution is 6.30. The Morgan fingerprint density at radius 3 is 2.06 bits per heavy atom. The Labute approximate surface area is 196 Å². The summed E-state index contributed by atoms with van der Waals surface area (Å²) >= 11 is 6.03. The van der Waals surface area contributed by atoms with Crippen molar-refractivity contribution in [3.05, 3.63) is 83.4 Å². The molecule has 6 nitrogen and oxygen atoms in total. The molecular weight excluding hydrogens is 434 g/mol. The molecule has 0 spiro atoms. The Morgan fingerprint density at radius 1 is 0.758 bits per heavy atom. The van der Waals surface area contributed by atoms with E-state index < -0.39 is 0 Å². The number of hydrogen-bond acceptors (Lipinski definition) is 6. The molecule has 3 aromatic carbocycles. The number of halogens is 1. The maximum absolute atomic E-state index is 6.04. The topological polar surface area (TPSA) is 76.7 Å². The van der Waals surface area contributed by atoms with Crippen LogP contribution >= 0.6 is 11.6 Å². The van der Waals surface area contributed by atoms with Crippen LogP contribution in [0.2, 0.25) is 5.02 Å². The van der Waals surface area contributed by atoms with E-state index in [1.807, 2.05) is 60.7 Å². The van der Waals surface area contributed by atoms with Crippen LogP contribution in [0.25, 0.3) is 34.1 Å². The number of fused-ring (bicyclic) bond motifs is 1. The molecule has 0 bridgehead atoms. The fourth-order valence-corrected chi connectivity index (χ4v) is 3.58. The summed E-state index contributed by atoms with van der Waals surface area (Å²) < 4.78 is 6.04. The monoisotopic (exact) mass is 455 g/mol. The first-order valence-corrected chi connectivity index (χ1v) is 11.0. The van der Waals surface area contributed by atoms with Crippen LogP contribution in [-0.4, -0.2) is 20.2 Å². The number of hydrogen-bond donors (Lipinski definition) is 1. The smallest absolute Gasteiger partial charge is 0.270 e. The van der Waals surface area contributed by atoms with Gasteiger partial charge in [0.05, 0.1) is 11.0 Å². The maximum Gasteiger partial charge on any atom is 0.270 e. The van der Waals surface area contributed by atoms with Gasteiger partial charge in [-0.25, -0.2) is 9.97 Å². The minimum atomic E-state index is 0.0709. The van der Waals surface area contributed by atoms with E-state index in [9.17, 15) is 0 Å². The van der Waals surface area contributed by atoms with Crippen molar-refractivity contribution >= 4 is 34.1 Å². The average Bonchev–Trinajstić information content (AvgIpc) is 3.30. The molecule has 5 aromatic rings. The molecular formula is C26H22ClN5O. The lowest BCUT2D eigenvalue weighted by atomic mass is 9.87. The second-order valence-electron chi connectivity index (χ2n) is 8.78. The SMILES string of the molecule is CC(C)(C)c1ccc(-c2nnc(-c3nc4ccccc4nc3Nc3ccc(Cl)cc3)o2)cc1. The molecule has 7 heteroatoms. The van der Waals surface area contributed by atoms with Crippen LogP contribution in [0.1, 0.15) is 26.3 Å². The third-order valence-corrected chi connectivity index (χ3v) is 5.55. The van der Waals surface area contributed by atoms with Gasteiger partial charge in [-0.05, 0) is 59.5 Å². The molecule has 0 amide bonds. The first-order chi connectivity index (χ1) is 15.9. The summed E-state index contributed by atoms with van der Waals surface area (Å²) in [6.45, 7) is 6.54. The summed E-state index contributed by atoms with van der Waals surface area (Å²) in [5.41, 5.74) is 4.96. The quantitative estimate of drug-likeness (QED) is 0.313. The van der Waals surface area contributed by atoms with Crippen molar-refractivity contribution in [2.24, 2.45) is 0 Å². The molecule has 2 aromatic heterocycles. The standard InChI is InChI=1S/C26H22ClN5O/c1-26(2,3)17-10-8-16(9-11-17)24-31-32-25(33-24)22-23(28-19-14-12-18(27)13-15-19)30-21-7-5-4-6-20(21)29-22/h4-15H,1-3H3,(H,28,30). The number of anilines is 2. The van der Waals surface area contributed by atoms with Crippen LogP contribution < -0.4 is 5.32 Å². The number of nitrogens with one attached hydrogen (secondary N) is 1. The third kappa shape index (κ3) is 4.43. The van der Waals surface area contributed by atoms with E-state index in [1.165, 1.54) is 5.56 Å². The van der Waals surface area contributed by atoms with Crippen molar-refractivity contribution in [3.63, 3.8) is 0 Å².